The zero-order valence-corrected chi connectivity index (χ0v) is 15.6. The lowest BCUT2D eigenvalue weighted by molar-refractivity contribution is 0.146. The van der Waals surface area contributed by atoms with Crippen molar-refractivity contribution < 1.29 is 27.2 Å². The maximum absolute atomic E-state index is 13.4. The zero-order valence-electron chi connectivity index (χ0n) is 14.0. The maximum Gasteiger partial charge on any atom is 0.266 e. The van der Waals surface area contributed by atoms with E-state index in [0.717, 1.165) is 18.2 Å². The molecule has 27 heavy (non-hydrogen) atoms. The van der Waals surface area contributed by atoms with E-state index in [1.807, 2.05) is 0 Å². The molecule has 13 heteroatoms. The Balaban J connectivity index is 2.20. The Morgan fingerprint density at radius 2 is 2.22 bits per heavy atom. The number of amidine groups is 1. The van der Waals surface area contributed by atoms with Crippen molar-refractivity contribution in [2.24, 2.45) is 4.99 Å². The topological polar surface area (TPSA) is 124 Å². The molecular weight excluding hydrogens is 407 g/mol. The van der Waals surface area contributed by atoms with Gasteiger partial charge in [0.25, 0.3) is 6.43 Å². The van der Waals surface area contributed by atoms with Gasteiger partial charge in [-0.1, -0.05) is 0 Å². The normalized spacial score (nSPS) is 14.4. The van der Waals surface area contributed by atoms with E-state index < -0.39 is 27.5 Å². The number of hydrogen-bond donors (Lipinski definition) is 3. The number of benzene rings is 1. The lowest BCUT2D eigenvalue weighted by Gasteiger charge is -2.06. The molecule has 0 aliphatic carbocycles. The van der Waals surface area contributed by atoms with E-state index in [4.69, 9.17) is 4.78 Å². The van der Waals surface area contributed by atoms with Crippen molar-refractivity contribution in [3.8, 4) is 0 Å². The summed E-state index contributed by atoms with van der Waals surface area (Å²) in [5.41, 5.74) is 0.951. The first-order valence-corrected chi connectivity index (χ1v) is 10.6. The minimum atomic E-state index is -3.02. The molecule has 0 saturated carbocycles. The molecular formula is C14H16F3N5O3S2. The summed E-state index contributed by atoms with van der Waals surface area (Å²) in [6, 6.07) is 2.85. The fraction of sp³-hybridized carbons (Fsp3) is 0.357. The Labute approximate surface area is 157 Å². The van der Waals surface area contributed by atoms with Gasteiger partial charge in [0.1, 0.15) is 5.82 Å². The second kappa shape index (κ2) is 9.19. The van der Waals surface area contributed by atoms with Gasteiger partial charge in [-0.15, -0.1) is 11.8 Å². The van der Waals surface area contributed by atoms with Crippen LogP contribution < -0.4 is 5.48 Å². The molecule has 1 aromatic heterocycles. The minimum absolute atomic E-state index is 0.0218. The van der Waals surface area contributed by atoms with Gasteiger partial charge in [-0.2, -0.15) is 0 Å². The molecule has 0 spiro atoms. The Kier molecular flexibility index (Phi) is 7.21. The summed E-state index contributed by atoms with van der Waals surface area (Å²) in [4.78, 5) is 3.94. The molecule has 1 atom stereocenters. The lowest BCUT2D eigenvalue weighted by Crippen LogP contribution is -2.21. The predicted molar refractivity (Wildman–Crippen MR) is 93.8 cm³/mol. The number of halogens is 3. The Morgan fingerprint density at radius 3 is 2.85 bits per heavy atom. The average molecular weight is 423 g/mol. The van der Waals surface area contributed by atoms with Gasteiger partial charge in [-0.05, 0) is 34.9 Å². The van der Waals surface area contributed by atoms with Gasteiger partial charge in [0.2, 0.25) is 0 Å². The fourth-order valence-electron chi connectivity index (χ4n) is 1.95. The molecule has 8 nitrogen and oxygen atoms in total. The summed E-state index contributed by atoms with van der Waals surface area (Å²) in [5.74, 6) is -0.629. The number of aliphatic imine (C=N–C) groups is 1. The van der Waals surface area contributed by atoms with Crippen LogP contribution in [0.15, 0.2) is 32.8 Å². The largest absolute Gasteiger partial charge is 0.290 e. The molecule has 1 heterocycles. The molecule has 3 N–H and O–H groups in total. The number of rotatable bonds is 8. The highest BCUT2D eigenvalue weighted by Crippen LogP contribution is 2.27. The van der Waals surface area contributed by atoms with Crippen molar-refractivity contribution in [2.45, 2.75) is 17.9 Å². The number of aromatic nitrogens is 2. The molecule has 2 rings (SSSR count). The summed E-state index contributed by atoms with van der Waals surface area (Å²) in [6.07, 6.45) is -1.20. The monoisotopic (exact) mass is 423 g/mol. The van der Waals surface area contributed by atoms with Crippen LogP contribution in [0.1, 0.15) is 24.1 Å². The van der Waals surface area contributed by atoms with Gasteiger partial charge in [0.15, 0.2) is 16.6 Å². The fourth-order valence-corrected chi connectivity index (χ4v) is 3.67. The van der Waals surface area contributed by atoms with Gasteiger partial charge in [0, 0.05) is 27.5 Å². The minimum Gasteiger partial charge on any atom is -0.290 e. The average Bonchev–Trinajstić information content (AvgIpc) is 3.05. The standard InChI is InChI=1S/C14H16F3N5O3S2/c1-27(18,24)6-2-5-26-14-11(21-25-22-14)13(20-23)19-8-3-4-10(15)9(7-8)12(16)17/h3-4,7,12,18,23H,2,5-6H2,1H3,(H,19,20). The SMILES string of the molecule is CS(=N)(=O)CCCSc1nonc1C(=Nc1ccc(F)c(C(F)F)c1)NO. The highest BCUT2D eigenvalue weighted by molar-refractivity contribution is 7.99. The van der Waals surface area contributed by atoms with Crippen molar-refractivity contribution in [3.63, 3.8) is 0 Å². The van der Waals surface area contributed by atoms with Crippen molar-refractivity contribution in [2.75, 3.05) is 17.8 Å². The third-order valence-corrected chi connectivity index (χ3v) is 5.26. The summed E-state index contributed by atoms with van der Waals surface area (Å²) >= 11 is 1.17. The van der Waals surface area contributed by atoms with E-state index in [-0.39, 0.29) is 28.0 Å². The molecule has 0 amide bonds. The first-order chi connectivity index (χ1) is 12.7. The van der Waals surface area contributed by atoms with Crippen LogP contribution in [0.4, 0.5) is 18.9 Å². The Bertz CT molecular complexity index is 918. The molecule has 0 bridgehead atoms. The molecule has 1 unspecified atom stereocenters. The Hall–Kier alpha value is -2.12. The number of thioether (sulfide) groups is 1. The van der Waals surface area contributed by atoms with Crippen molar-refractivity contribution in [1.82, 2.24) is 15.8 Å². The van der Waals surface area contributed by atoms with E-state index in [1.54, 1.807) is 5.48 Å². The van der Waals surface area contributed by atoms with E-state index >= 15 is 0 Å². The van der Waals surface area contributed by atoms with Crippen LogP contribution in [0, 0.1) is 10.6 Å². The first kappa shape index (κ1) is 21.2. The molecule has 148 valence electrons. The van der Waals surface area contributed by atoms with E-state index in [9.17, 15) is 22.6 Å². The Morgan fingerprint density at radius 1 is 1.48 bits per heavy atom. The molecule has 0 saturated heterocycles. The molecule has 0 fully saturated rings. The van der Waals surface area contributed by atoms with Crippen LogP contribution in [-0.2, 0) is 9.73 Å². The summed E-state index contributed by atoms with van der Waals surface area (Å²) in [7, 11) is -2.59. The van der Waals surface area contributed by atoms with Crippen LogP contribution in [0.2, 0.25) is 0 Å². The van der Waals surface area contributed by atoms with Crippen LogP contribution in [0.3, 0.4) is 0 Å². The smallest absolute Gasteiger partial charge is 0.266 e. The van der Waals surface area contributed by atoms with Crippen molar-refractivity contribution in [1.29, 1.82) is 4.78 Å². The zero-order chi connectivity index (χ0) is 20.0. The third-order valence-electron chi connectivity index (χ3n) is 3.16. The number of alkyl halides is 2. The van der Waals surface area contributed by atoms with Gasteiger partial charge in [-0.25, -0.2) is 22.8 Å². The summed E-state index contributed by atoms with van der Waals surface area (Å²) < 4.78 is 62.3. The highest BCUT2D eigenvalue weighted by Gasteiger charge is 2.18. The second-order valence-electron chi connectivity index (χ2n) is 5.41. The highest BCUT2D eigenvalue weighted by atomic mass is 32.2. The maximum atomic E-state index is 13.4. The molecule has 0 aliphatic rings. The lowest BCUT2D eigenvalue weighted by atomic mass is 10.2. The van der Waals surface area contributed by atoms with Crippen LogP contribution >= 0.6 is 11.8 Å². The number of nitrogens with one attached hydrogen (secondary N) is 2. The third kappa shape index (κ3) is 6.22. The van der Waals surface area contributed by atoms with Gasteiger partial charge in [-0.3, -0.25) is 19.7 Å². The molecule has 0 radical (unpaired) electrons. The van der Waals surface area contributed by atoms with Crippen LogP contribution in [0.25, 0.3) is 0 Å². The van der Waals surface area contributed by atoms with Gasteiger partial charge in [0.05, 0.1) is 11.3 Å². The number of hydroxylamine groups is 1. The summed E-state index contributed by atoms with van der Waals surface area (Å²) in [6.45, 7) is 0. The van der Waals surface area contributed by atoms with E-state index in [2.05, 4.69) is 19.9 Å². The first-order valence-electron chi connectivity index (χ1n) is 7.45. The number of nitrogens with zero attached hydrogens (tertiary/aromatic N) is 3. The molecule has 0 aliphatic heterocycles. The number of hydrogen-bond acceptors (Lipinski definition) is 8. The van der Waals surface area contributed by atoms with E-state index in [1.165, 1.54) is 18.0 Å². The van der Waals surface area contributed by atoms with Crippen molar-refractivity contribution >= 4 is 33.0 Å². The van der Waals surface area contributed by atoms with Crippen molar-refractivity contribution in [3.05, 3.63) is 35.3 Å². The van der Waals surface area contributed by atoms with Crippen LogP contribution in [-0.4, -0.2) is 43.3 Å². The van der Waals surface area contributed by atoms with Crippen LogP contribution in [0.5, 0.6) is 0 Å². The quantitative estimate of drug-likeness (QED) is 0.195. The predicted octanol–water partition coefficient (Wildman–Crippen LogP) is 3.36. The second-order valence-corrected chi connectivity index (χ2v) is 8.91. The van der Waals surface area contributed by atoms with Gasteiger partial charge >= 0.3 is 0 Å². The summed E-state index contributed by atoms with van der Waals surface area (Å²) in [5, 5.41) is 16.8. The molecule has 1 aromatic carbocycles. The van der Waals surface area contributed by atoms with E-state index in [0.29, 0.717) is 12.2 Å². The van der Waals surface area contributed by atoms with Gasteiger partial charge < -0.3 is 0 Å². The molecule has 2 aromatic rings.